The van der Waals surface area contributed by atoms with Gasteiger partial charge in [-0.25, -0.2) is 0 Å². The van der Waals surface area contributed by atoms with Gasteiger partial charge < -0.3 is 14.7 Å². The van der Waals surface area contributed by atoms with E-state index in [4.69, 9.17) is 4.74 Å². The van der Waals surface area contributed by atoms with Gasteiger partial charge in [-0.3, -0.25) is 4.79 Å². The molecule has 0 aromatic heterocycles. The van der Waals surface area contributed by atoms with Gasteiger partial charge in [-0.1, -0.05) is 42.5 Å². The van der Waals surface area contributed by atoms with E-state index in [1.807, 2.05) is 59.5 Å². The van der Waals surface area contributed by atoms with Gasteiger partial charge in [0.25, 0.3) is 5.91 Å². The summed E-state index contributed by atoms with van der Waals surface area (Å²) >= 11 is 0. The van der Waals surface area contributed by atoms with Crippen LogP contribution >= 0.6 is 0 Å². The largest absolute Gasteiger partial charge is 0.488 e. The van der Waals surface area contributed by atoms with Crippen molar-refractivity contribution in [2.24, 2.45) is 5.92 Å². The van der Waals surface area contributed by atoms with Gasteiger partial charge in [0.05, 0.1) is 11.2 Å². The Balaban J connectivity index is 1.41. The maximum atomic E-state index is 13.0. The van der Waals surface area contributed by atoms with Crippen LogP contribution in [0.2, 0.25) is 0 Å². The molecule has 1 aliphatic heterocycles. The van der Waals surface area contributed by atoms with Crippen molar-refractivity contribution in [1.29, 1.82) is 0 Å². The molecule has 0 radical (unpaired) electrons. The number of ether oxygens (including phenoxy) is 1. The highest BCUT2D eigenvalue weighted by Gasteiger charge is 2.48. The molecule has 1 saturated carbocycles. The van der Waals surface area contributed by atoms with Crippen molar-refractivity contribution >= 4 is 5.91 Å². The van der Waals surface area contributed by atoms with Gasteiger partial charge >= 0.3 is 0 Å². The van der Waals surface area contributed by atoms with E-state index in [0.29, 0.717) is 36.9 Å². The molecule has 1 amide bonds. The summed E-state index contributed by atoms with van der Waals surface area (Å²) in [6, 6.07) is 17.4. The quantitative estimate of drug-likeness (QED) is 0.895. The fourth-order valence-corrected chi connectivity index (χ4v) is 3.83. The first-order chi connectivity index (χ1) is 12.7. The van der Waals surface area contributed by atoms with Gasteiger partial charge in [0.2, 0.25) is 0 Å². The lowest BCUT2D eigenvalue weighted by molar-refractivity contribution is 0.0338. The molecule has 0 unspecified atom stereocenters. The summed E-state index contributed by atoms with van der Waals surface area (Å²) in [6.45, 7) is 1.86. The first-order valence-corrected chi connectivity index (χ1v) is 9.43. The van der Waals surface area contributed by atoms with Crippen LogP contribution in [0.5, 0.6) is 5.75 Å². The summed E-state index contributed by atoms with van der Waals surface area (Å²) in [6.07, 6.45) is 3.61. The average molecular weight is 351 g/mol. The molecule has 136 valence electrons. The van der Waals surface area contributed by atoms with Gasteiger partial charge in [-0.2, -0.15) is 0 Å². The molecule has 1 N–H and O–H groups in total. The normalized spacial score (nSPS) is 19.2. The average Bonchev–Trinajstić information content (AvgIpc) is 3.46. The van der Waals surface area contributed by atoms with Crippen molar-refractivity contribution in [3.8, 4) is 5.75 Å². The predicted octanol–water partition coefficient (Wildman–Crippen LogP) is 3.64. The second-order valence-corrected chi connectivity index (χ2v) is 7.44. The highest BCUT2D eigenvalue weighted by molar-refractivity contribution is 5.97. The number of likely N-dealkylation sites (tertiary alicyclic amines) is 1. The number of aliphatic hydroxyl groups is 1. The smallest absolute Gasteiger partial charge is 0.257 e. The number of carbonyl (C=O) groups is 1. The number of rotatable bonds is 5. The molecule has 0 atom stereocenters. The minimum atomic E-state index is -0.439. The number of para-hydroxylation sites is 1. The van der Waals surface area contributed by atoms with Gasteiger partial charge in [0, 0.05) is 13.1 Å². The molecule has 0 spiro atoms. The predicted molar refractivity (Wildman–Crippen MR) is 100 cm³/mol. The number of hydrogen-bond acceptors (Lipinski definition) is 3. The number of hydrogen-bond donors (Lipinski definition) is 1. The number of carbonyl (C=O) groups excluding carboxylic acids is 1. The van der Waals surface area contributed by atoms with Gasteiger partial charge in [0.1, 0.15) is 12.4 Å². The summed E-state index contributed by atoms with van der Waals surface area (Å²) in [4.78, 5) is 14.9. The maximum absolute atomic E-state index is 13.0. The molecular weight excluding hydrogens is 326 g/mol. The van der Waals surface area contributed by atoms with E-state index in [1.54, 1.807) is 0 Å². The van der Waals surface area contributed by atoms with Gasteiger partial charge in [-0.15, -0.1) is 0 Å². The standard InChI is InChI=1S/C22H25NO3/c24-21(23-14-10-18(11-15-23)22(25)12-13-22)19-8-4-5-9-20(19)26-16-17-6-2-1-3-7-17/h1-9,18,25H,10-16H2. The lowest BCUT2D eigenvalue weighted by Crippen LogP contribution is -2.42. The number of nitrogens with zero attached hydrogens (tertiary/aromatic N) is 1. The lowest BCUT2D eigenvalue weighted by Gasteiger charge is -2.34. The number of piperidine rings is 1. The highest BCUT2D eigenvalue weighted by Crippen LogP contribution is 2.46. The van der Waals surface area contributed by atoms with Crippen molar-refractivity contribution < 1.29 is 14.6 Å². The first-order valence-electron chi connectivity index (χ1n) is 9.43. The van der Waals surface area contributed by atoms with Crippen LogP contribution in [0.4, 0.5) is 0 Å². The summed E-state index contributed by atoms with van der Waals surface area (Å²) in [7, 11) is 0. The zero-order valence-electron chi connectivity index (χ0n) is 14.9. The second kappa shape index (κ2) is 7.12. The third-order valence-electron chi connectivity index (χ3n) is 5.66. The second-order valence-electron chi connectivity index (χ2n) is 7.44. The van der Waals surface area contributed by atoms with E-state index in [9.17, 15) is 9.90 Å². The molecule has 4 heteroatoms. The topological polar surface area (TPSA) is 49.8 Å². The Bertz CT molecular complexity index is 762. The third kappa shape index (κ3) is 3.61. The van der Waals surface area contributed by atoms with Crippen LogP contribution in [0.1, 0.15) is 41.6 Å². The van der Waals surface area contributed by atoms with Crippen LogP contribution in [-0.2, 0) is 6.61 Å². The summed E-state index contributed by atoms with van der Waals surface area (Å²) in [5.74, 6) is 0.996. The van der Waals surface area contributed by atoms with Crippen LogP contribution in [0.25, 0.3) is 0 Å². The highest BCUT2D eigenvalue weighted by atomic mass is 16.5. The van der Waals surface area contributed by atoms with Crippen molar-refractivity contribution in [3.05, 3.63) is 65.7 Å². The van der Waals surface area contributed by atoms with Crippen molar-refractivity contribution in [2.75, 3.05) is 13.1 Å². The maximum Gasteiger partial charge on any atom is 0.257 e. The molecular formula is C22H25NO3. The van der Waals surface area contributed by atoms with Crippen molar-refractivity contribution in [2.45, 2.75) is 37.9 Å². The van der Waals surface area contributed by atoms with Crippen molar-refractivity contribution in [3.63, 3.8) is 0 Å². The molecule has 4 nitrogen and oxygen atoms in total. The number of benzene rings is 2. The Kier molecular flexibility index (Phi) is 4.68. The molecule has 2 aromatic carbocycles. The Morgan fingerprint density at radius 1 is 1.04 bits per heavy atom. The Labute approximate surface area is 154 Å². The monoisotopic (exact) mass is 351 g/mol. The van der Waals surface area contributed by atoms with E-state index in [0.717, 1.165) is 31.2 Å². The van der Waals surface area contributed by atoms with E-state index in [2.05, 4.69) is 0 Å². The molecule has 1 saturated heterocycles. The summed E-state index contributed by atoms with van der Waals surface area (Å²) < 4.78 is 5.93. The van der Waals surface area contributed by atoms with Gasteiger partial charge in [-0.05, 0) is 49.3 Å². The third-order valence-corrected chi connectivity index (χ3v) is 5.66. The van der Waals surface area contributed by atoms with Crippen LogP contribution < -0.4 is 4.74 Å². The minimum absolute atomic E-state index is 0.0231. The molecule has 2 fully saturated rings. The first kappa shape index (κ1) is 17.1. The van der Waals surface area contributed by atoms with Crippen LogP contribution in [0.3, 0.4) is 0 Å². The van der Waals surface area contributed by atoms with Crippen LogP contribution in [0, 0.1) is 5.92 Å². The lowest BCUT2D eigenvalue weighted by atomic mass is 9.89. The Morgan fingerprint density at radius 2 is 1.69 bits per heavy atom. The zero-order valence-corrected chi connectivity index (χ0v) is 14.9. The Hall–Kier alpha value is -2.33. The molecule has 1 heterocycles. The van der Waals surface area contributed by atoms with E-state index in [-0.39, 0.29) is 5.91 Å². The SMILES string of the molecule is O=C(c1ccccc1OCc1ccccc1)N1CCC(C2(O)CC2)CC1. The molecule has 1 aliphatic carbocycles. The zero-order chi connectivity index (χ0) is 18.0. The minimum Gasteiger partial charge on any atom is -0.488 e. The molecule has 2 aliphatic rings. The fraction of sp³-hybridized carbons (Fsp3) is 0.409. The van der Waals surface area contributed by atoms with E-state index in [1.165, 1.54) is 0 Å². The Morgan fingerprint density at radius 3 is 2.38 bits per heavy atom. The van der Waals surface area contributed by atoms with Crippen LogP contribution in [0.15, 0.2) is 54.6 Å². The molecule has 26 heavy (non-hydrogen) atoms. The summed E-state index contributed by atoms with van der Waals surface area (Å²) in [5, 5.41) is 10.3. The fourth-order valence-electron chi connectivity index (χ4n) is 3.83. The van der Waals surface area contributed by atoms with E-state index >= 15 is 0 Å². The summed E-state index contributed by atoms with van der Waals surface area (Å²) in [5.41, 5.74) is 1.26. The van der Waals surface area contributed by atoms with Crippen LogP contribution in [-0.4, -0.2) is 34.6 Å². The van der Waals surface area contributed by atoms with E-state index < -0.39 is 5.60 Å². The molecule has 2 aromatic rings. The molecule has 4 rings (SSSR count). The van der Waals surface area contributed by atoms with Crippen molar-refractivity contribution in [1.82, 2.24) is 4.90 Å². The molecule has 0 bridgehead atoms. The number of amides is 1. The van der Waals surface area contributed by atoms with Gasteiger partial charge in [0.15, 0.2) is 0 Å².